The van der Waals surface area contributed by atoms with Crippen LogP contribution in [0.5, 0.6) is 0 Å². The van der Waals surface area contributed by atoms with Crippen LogP contribution in [0, 0.1) is 0 Å². The Morgan fingerprint density at radius 3 is 2.66 bits per heavy atom. The van der Waals surface area contributed by atoms with E-state index in [2.05, 4.69) is 35.9 Å². The zero-order valence-electron chi connectivity index (χ0n) is 15.6. The number of nitrogens with one attached hydrogen (secondary N) is 4. The fourth-order valence-electron chi connectivity index (χ4n) is 3.84. The largest absolute Gasteiger partial charge is 0.367 e. The average molecular weight is 392 g/mol. The Bertz CT molecular complexity index is 1030. The number of amides is 3. The third-order valence-corrected chi connectivity index (χ3v) is 5.23. The number of carbonyl (C=O) groups is 2. The molecule has 5 rings (SSSR count). The van der Waals surface area contributed by atoms with Gasteiger partial charge in [0.05, 0.1) is 11.9 Å². The van der Waals surface area contributed by atoms with Gasteiger partial charge < -0.3 is 15.6 Å². The maximum atomic E-state index is 11.7. The molecule has 4 N–H and O–H groups in total. The molecule has 0 bridgehead atoms. The van der Waals surface area contributed by atoms with Gasteiger partial charge in [-0.15, -0.1) is 0 Å². The smallest absolute Gasteiger partial charge is 0.329 e. The summed E-state index contributed by atoms with van der Waals surface area (Å²) in [4.78, 5) is 40.8. The second-order valence-electron chi connectivity index (χ2n) is 7.29. The summed E-state index contributed by atoms with van der Waals surface area (Å²) in [5.41, 5.74) is 2.23. The topological polar surface area (TPSA) is 128 Å². The molecule has 0 unspecified atom stereocenters. The van der Waals surface area contributed by atoms with Crippen LogP contribution in [0.3, 0.4) is 0 Å². The van der Waals surface area contributed by atoms with Crippen molar-refractivity contribution in [2.45, 2.75) is 31.3 Å². The van der Waals surface area contributed by atoms with E-state index in [4.69, 9.17) is 0 Å². The fraction of sp³-hybridized carbons (Fsp3) is 0.316. The van der Waals surface area contributed by atoms with E-state index >= 15 is 0 Å². The van der Waals surface area contributed by atoms with Gasteiger partial charge >= 0.3 is 6.03 Å². The van der Waals surface area contributed by atoms with Crippen LogP contribution in [-0.4, -0.2) is 50.5 Å². The zero-order chi connectivity index (χ0) is 19.8. The number of H-pyrrole nitrogens is 1. The minimum absolute atomic E-state index is 0.0283. The van der Waals surface area contributed by atoms with E-state index in [1.807, 2.05) is 18.2 Å². The number of pyridine rings is 2. The Morgan fingerprint density at radius 2 is 1.93 bits per heavy atom. The molecule has 1 aliphatic carbocycles. The van der Waals surface area contributed by atoms with Gasteiger partial charge in [0.1, 0.15) is 17.9 Å². The molecular weight excluding hydrogens is 372 g/mol. The van der Waals surface area contributed by atoms with Crippen LogP contribution in [0.15, 0.2) is 36.7 Å². The van der Waals surface area contributed by atoms with Crippen LogP contribution in [0.4, 0.5) is 22.2 Å². The van der Waals surface area contributed by atoms with E-state index in [1.165, 1.54) is 4.90 Å². The van der Waals surface area contributed by atoms with Gasteiger partial charge in [-0.3, -0.25) is 15.0 Å². The molecule has 3 amide bonds. The summed E-state index contributed by atoms with van der Waals surface area (Å²) in [5, 5.41) is 9.15. The van der Waals surface area contributed by atoms with Crippen LogP contribution in [-0.2, 0) is 4.79 Å². The standard InChI is InChI=1S/C19H20N8O2/c28-16-10-27(19(29)25-16)13-5-6-15(21-9-13)22-11-3-4-12(8-11)23-18-24-14-2-1-7-20-17(14)26-18/h1-2,5-7,9,11-12H,3-4,8,10H2,(H,21,22)(H,25,28,29)(H2,20,23,24,26)/t11-,12-/m0/s1. The number of urea groups is 1. The van der Waals surface area contributed by atoms with Gasteiger partial charge in [-0.1, -0.05) is 0 Å². The second-order valence-corrected chi connectivity index (χ2v) is 7.29. The highest BCUT2D eigenvalue weighted by Gasteiger charge is 2.28. The highest BCUT2D eigenvalue weighted by molar-refractivity contribution is 6.12. The first-order valence-electron chi connectivity index (χ1n) is 9.55. The van der Waals surface area contributed by atoms with Crippen molar-refractivity contribution < 1.29 is 9.59 Å². The number of imide groups is 1. The third-order valence-electron chi connectivity index (χ3n) is 5.23. The first-order valence-corrected chi connectivity index (χ1v) is 9.55. The Labute approximate surface area is 166 Å². The average Bonchev–Trinajstić information content (AvgIpc) is 3.41. The molecule has 1 saturated carbocycles. The van der Waals surface area contributed by atoms with Gasteiger partial charge in [0, 0.05) is 18.3 Å². The number of hydrogen-bond acceptors (Lipinski definition) is 7. The second kappa shape index (κ2) is 7.04. The third kappa shape index (κ3) is 3.56. The van der Waals surface area contributed by atoms with Crippen LogP contribution in [0.1, 0.15) is 19.3 Å². The van der Waals surface area contributed by atoms with Gasteiger partial charge in [-0.05, 0) is 43.5 Å². The molecule has 29 heavy (non-hydrogen) atoms. The molecule has 3 aromatic rings. The summed E-state index contributed by atoms with van der Waals surface area (Å²) >= 11 is 0. The van der Waals surface area contributed by atoms with Crippen molar-refractivity contribution in [3.8, 4) is 0 Å². The number of aromatic amines is 1. The summed E-state index contributed by atoms with van der Waals surface area (Å²) in [6, 6.07) is 7.62. The number of hydrogen-bond donors (Lipinski definition) is 4. The summed E-state index contributed by atoms with van der Waals surface area (Å²) in [5.74, 6) is 1.19. The summed E-state index contributed by atoms with van der Waals surface area (Å²) in [6.07, 6.45) is 6.33. The molecule has 148 valence electrons. The summed E-state index contributed by atoms with van der Waals surface area (Å²) < 4.78 is 0. The van der Waals surface area contributed by atoms with E-state index in [0.29, 0.717) is 17.8 Å². The van der Waals surface area contributed by atoms with E-state index < -0.39 is 6.03 Å². The molecule has 4 heterocycles. The lowest BCUT2D eigenvalue weighted by Crippen LogP contribution is -2.28. The normalized spacial score (nSPS) is 21.6. The van der Waals surface area contributed by atoms with Crippen molar-refractivity contribution in [3.63, 3.8) is 0 Å². The van der Waals surface area contributed by atoms with Crippen molar-refractivity contribution in [1.82, 2.24) is 25.3 Å². The van der Waals surface area contributed by atoms with Crippen LogP contribution in [0.2, 0.25) is 0 Å². The highest BCUT2D eigenvalue weighted by atomic mass is 16.2. The minimum atomic E-state index is -0.414. The molecule has 0 spiro atoms. The number of rotatable bonds is 5. The Kier molecular flexibility index (Phi) is 4.23. The summed E-state index contributed by atoms with van der Waals surface area (Å²) in [6.45, 7) is 0.0283. The van der Waals surface area contributed by atoms with Crippen LogP contribution in [0.25, 0.3) is 11.2 Å². The summed E-state index contributed by atoms with van der Waals surface area (Å²) in [7, 11) is 0. The highest BCUT2D eigenvalue weighted by Crippen LogP contribution is 2.26. The van der Waals surface area contributed by atoms with E-state index in [9.17, 15) is 9.59 Å². The van der Waals surface area contributed by atoms with Gasteiger partial charge in [-0.25, -0.2) is 19.7 Å². The first-order chi connectivity index (χ1) is 14.1. The van der Waals surface area contributed by atoms with Gasteiger partial charge in [0.15, 0.2) is 5.65 Å². The molecule has 1 aliphatic heterocycles. The van der Waals surface area contributed by atoms with Crippen molar-refractivity contribution in [1.29, 1.82) is 0 Å². The van der Waals surface area contributed by atoms with Crippen LogP contribution >= 0.6 is 0 Å². The Balaban J connectivity index is 1.18. The maximum Gasteiger partial charge on any atom is 0.329 e. The Morgan fingerprint density at radius 1 is 1.07 bits per heavy atom. The van der Waals surface area contributed by atoms with Gasteiger partial charge in [0.25, 0.3) is 0 Å². The number of carbonyl (C=O) groups excluding carboxylic acids is 2. The SMILES string of the molecule is O=C1CN(c2ccc(N[C@H]3CC[C@H](Nc4nc5cccnc5[nH]4)C3)nc2)C(=O)N1. The fourth-order valence-corrected chi connectivity index (χ4v) is 3.84. The van der Waals surface area contributed by atoms with Crippen molar-refractivity contribution in [2.24, 2.45) is 0 Å². The lowest BCUT2D eigenvalue weighted by Gasteiger charge is -2.16. The molecule has 3 aromatic heterocycles. The zero-order valence-corrected chi connectivity index (χ0v) is 15.6. The lowest BCUT2D eigenvalue weighted by atomic mass is 10.2. The molecule has 2 fully saturated rings. The number of nitrogens with zero attached hydrogens (tertiary/aromatic N) is 4. The predicted octanol–water partition coefficient (Wildman–Crippen LogP) is 1.85. The van der Waals surface area contributed by atoms with E-state index in [-0.39, 0.29) is 12.5 Å². The number of fused-ring (bicyclic) bond motifs is 1. The molecule has 2 atom stereocenters. The Hall–Kier alpha value is -3.69. The number of anilines is 3. The lowest BCUT2D eigenvalue weighted by molar-refractivity contribution is -0.117. The molecule has 2 aliphatic rings. The van der Waals surface area contributed by atoms with Gasteiger partial charge in [0.2, 0.25) is 11.9 Å². The molecule has 0 aromatic carbocycles. The van der Waals surface area contributed by atoms with Crippen LogP contribution < -0.4 is 20.9 Å². The first kappa shape index (κ1) is 17.4. The van der Waals surface area contributed by atoms with E-state index in [1.54, 1.807) is 18.5 Å². The van der Waals surface area contributed by atoms with Crippen molar-refractivity contribution in [3.05, 3.63) is 36.7 Å². The molecule has 10 nitrogen and oxygen atoms in total. The van der Waals surface area contributed by atoms with Crippen molar-refractivity contribution >= 4 is 40.6 Å². The minimum Gasteiger partial charge on any atom is -0.367 e. The quantitative estimate of drug-likeness (QED) is 0.488. The number of imidazole rings is 1. The van der Waals surface area contributed by atoms with Gasteiger partial charge in [-0.2, -0.15) is 0 Å². The molecule has 1 saturated heterocycles. The number of aromatic nitrogens is 4. The maximum absolute atomic E-state index is 11.7. The molecular formula is C19H20N8O2. The predicted molar refractivity (Wildman–Crippen MR) is 108 cm³/mol. The van der Waals surface area contributed by atoms with E-state index in [0.717, 1.165) is 42.2 Å². The molecule has 0 radical (unpaired) electrons. The monoisotopic (exact) mass is 392 g/mol. The molecule has 10 heteroatoms. The van der Waals surface area contributed by atoms with Crippen molar-refractivity contribution in [2.75, 3.05) is 22.1 Å².